The normalized spacial score (nSPS) is 13.9. The lowest BCUT2D eigenvalue weighted by Crippen LogP contribution is -2.18. The van der Waals surface area contributed by atoms with Gasteiger partial charge >= 0.3 is 6.18 Å². The Hall–Kier alpha value is -3.91. The quantitative estimate of drug-likeness (QED) is 0.237. The Morgan fingerprint density at radius 2 is 1.82 bits per heavy atom. The van der Waals surface area contributed by atoms with Gasteiger partial charge in [0.05, 0.1) is 11.3 Å². The molecule has 40 heavy (non-hydrogen) atoms. The summed E-state index contributed by atoms with van der Waals surface area (Å²) < 4.78 is 52.6. The zero-order chi connectivity index (χ0) is 29.2. The van der Waals surface area contributed by atoms with Crippen LogP contribution >= 0.6 is 8.03 Å². The maximum Gasteiger partial charge on any atom is 0.421 e. The van der Waals surface area contributed by atoms with Crippen molar-refractivity contribution in [3.05, 3.63) is 70.4 Å². The average molecular weight is 574 g/mol. The molecule has 1 atom stereocenters. The number of aromatic nitrogens is 2. The summed E-state index contributed by atoms with van der Waals surface area (Å²) in [6, 6.07) is 9.81. The van der Waals surface area contributed by atoms with Crippen LogP contribution in [-0.4, -0.2) is 49.6 Å². The van der Waals surface area contributed by atoms with Crippen molar-refractivity contribution in [3.63, 3.8) is 0 Å². The summed E-state index contributed by atoms with van der Waals surface area (Å²) in [4.78, 5) is 31.3. The first-order valence-electron chi connectivity index (χ1n) is 12.2. The van der Waals surface area contributed by atoms with Crippen molar-refractivity contribution in [2.45, 2.75) is 38.6 Å². The standard InChI is InChI=1S/C27H27F3N5O4P/c1-26(2,37)12-10-17-6-9-21(22-19(17)15-35(3)24(22)36)33-23-20(27(28,29)30)14-31-25(34-23)32-18-7-4-16(5-8-18)11-13-40(38)39/h4-9,14,37,40H,11,13,15H2,1-3H3,(H,38,39)(H2,31,32,33,34). The van der Waals surface area contributed by atoms with Crippen LogP contribution in [0.3, 0.4) is 0 Å². The van der Waals surface area contributed by atoms with Crippen LogP contribution in [0.25, 0.3) is 0 Å². The monoisotopic (exact) mass is 573 g/mol. The third-order valence-electron chi connectivity index (χ3n) is 5.96. The molecule has 3 aromatic rings. The topological polar surface area (TPSA) is 128 Å². The number of halogens is 3. The van der Waals surface area contributed by atoms with Crippen molar-refractivity contribution in [3.8, 4) is 11.8 Å². The molecule has 0 radical (unpaired) electrons. The molecule has 1 aliphatic rings. The van der Waals surface area contributed by atoms with Gasteiger partial charge in [0.15, 0.2) is 8.03 Å². The number of aryl methyl sites for hydroxylation is 1. The number of nitrogens with one attached hydrogen (secondary N) is 2. The molecule has 2 aromatic carbocycles. The molecular formula is C27H27F3N5O4P. The van der Waals surface area contributed by atoms with Crippen LogP contribution in [0.1, 0.15) is 46.5 Å². The lowest BCUT2D eigenvalue weighted by Gasteiger charge is -2.17. The largest absolute Gasteiger partial charge is 0.421 e. The molecule has 1 unspecified atom stereocenters. The van der Waals surface area contributed by atoms with E-state index in [1.54, 1.807) is 37.4 Å². The molecule has 0 saturated carbocycles. The first-order chi connectivity index (χ1) is 18.7. The Balaban J connectivity index is 1.68. The first-order valence-corrected chi connectivity index (χ1v) is 13.7. The highest BCUT2D eigenvalue weighted by Gasteiger charge is 2.36. The summed E-state index contributed by atoms with van der Waals surface area (Å²) in [5.41, 5.74) is 0.245. The summed E-state index contributed by atoms with van der Waals surface area (Å²) in [7, 11) is -1.01. The highest BCUT2D eigenvalue weighted by atomic mass is 31.1. The lowest BCUT2D eigenvalue weighted by molar-refractivity contribution is -0.137. The summed E-state index contributed by atoms with van der Waals surface area (Å²) in [6.07, 6.45) is -3.55. The molecule has 13 heteroatoms. The molecule has 0 bridgehead atoms. The third-order valence-corrected chi connectivity index (χ3v) is 6.63. The minimum absolute atomic E-state index is 0.114. The van der Waals surface area contributed by atoms with E-state index in [2.05, 4.69) is 32.4 Å². The van der Waals surface area contributed by atoms with Gasteiger partial charge in [0.1, 0.15) is 17.0 Å². The second-order valence-corrected chi connectivity index (χ2v) is 11.1. The molecule has 4 rings (SSSR count). The van der Waals surface area contributed by atoms with Gasteiger partial charge in [0.25, 0.3) is 5.91 Å². The van der Waals surface area contributed by atoms with Gasteiger partial charge in [-0.3, -0.25) is 9.36 Å². The number of carbonyl (C=O) groups excluding carboxylic acids is 1. The molecule has 9 nitrogen and oxygen atoms in total. The van der Waals surface area contributed by atoms with Crippen molar-refractivity contribution in [2.24, 2.45) is 0 Å². The highest BCUT2D eigenvalue weighted by molar-refractivity contribution is 7.37. The first kappa shape index (κ1) is 29.1. The van der Waals surface area contributed by atoms with E-state index in [1.165, 1.54) is 24.8 Å². The van der Waals surface area contributed by atoms with Crippen molar-refractivity contribution in [2.75, 3.05) is 23.8 Å². The molecule has 0 saturated heterocycles. The Labute approximate surface area is 229 Å². The SMILES string of the molecule is CN1Cc2c(C#CC(C)(C)O)ccc(Nc3nc(Nc4ccc(CC[PH](=O)O)cc4)ncc3C(F)(F)F)c2C1=O. The van der Waals surface area contributed by atoms with Crippen LogP contribution in [0.5, 0.6) is 0 Å². The molecule has 2 heterocycles. The minimum atomic E-state index is -4.78. The Bertz CT molecular complexity index is 1530. The number of hydrogen-bond donors (Lipinski definition) is 4. The second-order valence-electron chi connectivity index (χ2n) is 9.78. The molecule has 1 aromatic heterocycles. The van der Waals surface area contributed by atoms with Gasteiger partial charge in [0, 0.05) is 42.8 Å². The number of benzene rings is 2. The zero-order valence-corrected chi connectivity index (χ0v) is 22.8. The van der Waals surface area contributed by atoms with Crippen LogP contribution < -0.4 is 10.6 Å². The number of rotatable bonds is 7. The number of fused-ring (bicyclic) bond motifs is 1. The minimum Gasteiger partial charge on any atom is -0.378 e. The average Bonchev–Trinajstić information content (AvgIpc) is 3.16. The molecule has 0 spiro atoms. The molecule has 1 aliphatic heterocycles. The van der Waals surface area contributed by atoms with Crippen molar-refractivity contribution in [1.29, 1.82) is 0 Å². The fraction of sp³-hybridized carbons (Fsp3) is 0.296. The third kappa shape index (κ3) is 6.99. The summed E-state index contributed by atoms with van der Waals surface area (Å²) >= 11 is 0. The Morgan fingerprint density at radius 3 is 2.45 bits per heavy atom. The number of hydrogen-bond acceptors (Lipinski definition) is 7. The molecular weight excluding hydrogens is 546 g/mol. The van der Waals surface area contributed by atoms with E-state index in [4.69, 9.17) is 4.89 Å². The van der Waals surface area contributed by atoms with Gasteiger partial charge < -0.3 is 25.5 Å². The number of carbonyl (C=O) groups is 1. The maximum atomic E-state index is 13.9. The van der Waals surface area contributed by atoms with Crippen LogP contribution in [0.15, 0.2) is 42.6 Å². The van der Waals surface area contributed by atoms with Crippen LogP contribution in [0.2, 0.25) is 0 Å². The van der Waals surface area contributed by atoms with Crippen LogP contribution in [0.4, 0.5) is 36.3 Å². The van der Waals surface area contributed by atoms with E-state index in [0.717, 1.165) is 5.56 Å². The predicted molar refractivity (Wildman–Crippen MR) is 145 cm³/mol. The lowest BCUT2D eigenvalue weighted by atomic mass is 10.00. The van der Waals surface area contributed by atoms with Crippen LogP contribution in [0, 0.1) is 11.8 Å². The van der Waals surface area contributed by atoms with Gasteiger partial charge in [-0.15, -0.1) is 0 Å². The van der Waals surface area contributed by atoms with E-state index < -0.39 is 37.1 Å². The number of alkyl halides is 3. The number of amides is 1. The summed E-state index contributed by atoms with van der Waals surface area (Å²) in [5, 5.41) is 15.5. The van der Waals surface area contributed by atoms with E-state index in [0.29, 0.717) is 29.4 Å². The van der Waals surface area contributed by atoms with E-state index in [1.807, 2.05) is 0 Å². The van der Waals surface area contributed by atoms with E-state index >= 15 is 0 Å². The van der Waals surface area contributed by atoms with Crippen LogP contribution in [-0.2, 0) is 23.7 Å². The second kappa shape index (κ2) is 11.3. The van der Waals surface area contributed by atoms with E-state index in [9.17, 15) is 27.6 Å². The molecule has 4 N–H and O–H groups in total. The Morgan fingerprint density at radius 1 is 1.12 bits per heavy atom. The number of aliphatic hydroxyl groups is 1. The zero-order valence-electron chi connectivity index (χ0n) is 21.8. The smallest absolute Gasteiger partial charge is 0.378 e. The van der Waals surface area contributed by atoms with Gasteiger partial charge in [0.2, 0.25) is 5.95 Å². The predicted octanol–water partition coefficient (Wildman–Crippen LogP) is 4.70. The fourth-order valence-corrected chi connectivity index (χ4v) is 4.51. The number of anilines is 4. The van der Waals surface area contributed by atoms with Gasteiger partial charge in [-0.25, -0.2) is 4.98 Å². The maximum absolute atomic E-state index is 13.9. The van der Waals surface area contributed by atoms with Gasteiger partial charge in [-0.05, 0) is 50.1 Å². The van der Waals surface area contributed by atoms with E-state index in [-0.39, 0.29) is 29.9 Å². The number of nitrogens with zero attached hydrogens (tertiary/aromatic N) is 3. The highest BCUT2D eigenvalue weighted by Crippen LogP contribution is 2.38. The molecule has 1 amide bonds. The fourth-order valence-electron chi connectivity index (χ4n) is 4.01. The Kier molecular flexibility index (Phi) is 8.21. The van der Waals surface area contributed by atoms with Crippen molar-refractivity contribution < 1.29 is 32.5 Å². The molecule has 0 fully saturated rings. The van der Waals surface area contributed by atoms with Gasteiger partial charge in [-0.2, -0.15) is 18.2 Å². The summed E-state index contributed by atoms with van der Waals surface area (Å²) in [6.45, 7) is 3.23. The van der Waals surface area contributed by atoms with Crippen molar-refractivity contribution >= 4 is 37.1 Å². The molecule has 210 valence electrons. The molecule has 0 aliphatic carbocycles. The van der Waals surface area contributed by atoms with Gasteiger partial charge in [-0.1, -0.05) is 24.0 Å². The van der Waals surface area contributed by atoms with Crippen molar-refractivity contribution in [1.82, 2.24) is 14.9 Å². The summed E-state index contributed by atoms with van der Waals surface area (Å²) in [5.74, 6) is 4.50.